The SMILES string of the molecule is O=C(CCN1C(=O)/C(=C/c2cc(-c3cc(C(F)(F)F)cc(C(F)(F)F)c3)c(NCCN3CCOCC3)s2)SC1=S)Nc1ccc(C(=O)O)cc1. The number of nitrogens with zero attached hydrogens (tertiary/aromatic N) is 2. The van der Waals surface area contributed by atoms with Crippen LogP contribution in [0.5, 0.6) is 0 Å². The van der Waals surface area contributed by atoms with Gasteiger partial charge in [-0.3, -0.25) is 19.4 Å². The Kier molecular flexibility index (Phi) is 11.6. The molecular formula is C32H28F6N4O5S3. The van der Waals surface area contributed by atoms with Gasteiger partial charge in [-0.05, 0) is 60.2 Å². The van der Waals surface area contributed by atoms with Gasteiger partial charge in [-0.15, -0.1) is 11.3 Å². The number of thiophene rings is 1. The lowest BCUT2D eigenvalue weighted by Gasteiger charge is -2.26. The molecule has 2 aliphatic heterocycles. The number of amides is 2. The molecule has 2 aromatic carbocycles. The lowest BCUT2D eigenvalue weighted by atomic mass is 10.00. The van der Waals surface area contributed by atoms with Crippen LogP contribution in [0.25, 0.3) is 17.2 Å². The lowest BCUT2D eigenvalue weighted by Crippen LogP contribution is -2.38. The summed E-state index contributed by atoms with van der Waals surface area (Å²) < 4.78 is 87.8. The van der Waals surface area contributed by atoms with Gasteiger partial charge in [-0.1, -0.05) is 24.0 Å². The Morgan fingerprint density at radius 3 is 2.20 bits per heavy atom. The Balaban J connectivity index is 1.36. The quantitative estimate of drug-likeness (QED) is 0.107. The normalized spacial score (nSPS) is 16.7. The molecule has 9 nitrogen and oxygen atoms in total. The number of carboxylic acids is 1. The van der Waals surface area contributed by atoms with Gasteiger partial charge in [-0.25, -0.2) is 4.79 Å². The molecule has 2 aliphatic rings. The van der Waals surface area contributed by atoms with E-state index >= 15 is 0 Å². The number of thioether (sulfide) groups is 1. The summed E-state index contributed by atoms with van der Waals surface area (Å²) in [7, 11) is 0. The van der Waals surface area contributed by atoms with Crippen LogP contribution in [-0.2, 0) is 26.7 Å². The van der Waals surface area contributed by atoms with Crippen LogP contribution in [0, 0.1) is 0 Å². The zero-order chi connectivity index (χ0) is 36.2. The molecular weight excluding hydrogens is 731 g/mol. The van der Waals surface area contributed by atoms with Crippen molar-refractivity contribution in [2.75, 3.05) is 56.6 Å². The highest BCUT2D eigenvalue weighted by Gasteiger charge is 2.37. The number of carbonyl (C=O) groups is 3. The van der Waals surface area contributed by atoms with Gasteiger partial charge < -0.3 is 20.5 Å². The molecule has 0 bridgehead atoms. The zero-order valence-corrected chi connectivity index (χ0v) is 28.3. The van der Waals surface area contributed by atoms with E-state index in [-0.39, 0.29) is 44.9 Å². The summed E-state index contributed by atoms with van der Waals surface area (Å²) in [5.74, 6) is -2.10. The Labute approximate surface area is 295 Å². The number of carbonyl (C=O) groups excluding carboxylic acids is 2. The number of aromatic carboxylic acids is 1. The summed E-state index contributed by atoms with van der Waals surface area (Å²) in [6, 6.07) is 8.33. The highest BCUT2D eigenvalue weighted by molar-refractivity contribution is 8.26. The molecule has 0 saturated carbocycles. The number of hydrogen-bond acceptors (Lipinski definition) is 9. The van der Waals surface area contributed by atoms with E-state index < -0.39 is 41.3 Å². The predicted octanol–water partition coefficient (Wildman–Crippen LogP) is 7.13. The Morgan fingerprint density at radius 1 is 0.960 bits per heavy atom. The molecule has 0 spiro atoms. The minimum absolute atomic E-state index is 0.0435. The molecule has 3 heterocycles. The fourth-order valence-electron chi connectivity index (χ4n) is 5.04. The Bertz CT molecular complexity index is 1770. The van der Waals surface area contributed by atoms with Crippen molar-refractivity contribution in [2.24, 2.45) is 0 Å². The van der Waals surface area contributed by atoms with Gasteiger partial charge in [0.2, 0.25) is 5.91 Å². The smallest absolute Gasteiger partial charge is 0.416 e. The zero-order valence-electron chi connectivity index (χ0n) is 25.8. The molecule has 0 unspecified atom stereocenters. The van der Waals surface area contributed by atoms with E-state index in [1.165, 1.54) is 41.3 Å². The van der Waals surface area contributed by atoms with Gasteiger partial charge in [0.1, 0.15) is 4.32 Å². The van der Waals surface area contributed by atoms with Gasteiger partial charge in [0.25, 0.3) is 5.91 Å². The third-order valence-corrected chi connectivity index (χ3v) is 10.0. The molecule has 5 rings (SSSR count). The summed E-state index contributed by atoms with van der Waals surface area (Å²) in [5.41, 5.74) is -2.69. The average molecular weight is 759 g/mol. The maximum atomic E-state index is 13.7. The van der Waals surface area contributed by atoms with E-state index in [0.29, 0.717) is 67.1 Å². The molecule has 50 heavy (non-hydrogen) atoms. The summed E-state index contributed by atoms with van der Waals surface area (Å²) in [6.45, 7) is 3.26. The molecule has 0 aliphatic carbocycles. The standard InChI is InChI=1S/C32H28F6N4O5S3/c33-31(34,35)20-13-19(14-21(15-20)32(36,37)38)24-16-23(49-27(24)39-6-8-41-9-11-47-12-10-41)17-25-28(44)42(30(48)50-25)7-5-26(43)40-22-3-1-18(2-4-22)29(45)46/h1-4,13-17,39H,5-12H2,(H,40,43)(H,45,46)/b25-17-. The van der Waals surface area contributed by atoms with Crippen molar-refractivity contribution in [1.82, 2.24) is 9.80 Å². The largest absolute Gasteiger partial charge is 0.478 e. The fraction of sp³-hybridized carbons (Fsp3) is 0.312. The molecule has 18 heteroatoms. The first kappa shape index (κ1) is 37.3. The Hall–Kier alpha value is -3.97. The molecule has 3 N–H and O–H groups in total. The molecule has 2 fully saturated rings. The van der Waals surface area contributed by atoms with Crippen molar-refractivity contribution in [1.29, 1.82) is 0 Å². The molecule has 1 aromatic heterocycles. The second-order valence-corrected chi connectivity index (χ2v) is 13.8. The van der Waals surface area contributed by atoms with Crippen molar-refractivity contribution in [2.45, 2.75) is 18.8 Å². The topological polar surface area (TPSA) is 111 Å². The van der Waals surface area contributed by atoms with Crippen molar-refractivity contribution in [3.05, 3.63) is 75.0 Å². The van der Waals surface area contributed by atoms with Crippen LogP contribution in [-0.4, -0.2) is 82.9 Å². The molecule has 266 valence electrons. The van der Waals surface area contributed by atoms with E-state index in [0.717, 1.165) is 23.1 Å². The van der Waals surface area contributed by atoms with Crippen LogP contribution in [0.15, 0.2) is 53.4 Å². The maximum Gasteiger partial charge on any atom is 0.416 e. The fourth-order valence-corrected chi connectivity index (χ4v) is 7.47. The van der Waals surface area contributed by atoms with Crippen molar-refractivity contribution >= 4 is 74.2 Å². The van der Waals surface area contributed by atoms with Gasteiger partial charge in [0.15, 0.2) is 0 Å². The minimum Gasteiger partial charge on any atom is -0.478 e. The van der Waals surface area contributed by atoms with E-state index in [9.17, 15) is 40.7 Å². The van der Waals surface area contributed by atoms with Gasteiger partial charge in [-0.2, -0.15) is 26.3 Å². The number of rotatable bonds is 11. The molecule has 2 saturated heterocycles. The number of anilines is 2. The molecule has 0 atom stereocenters. The van der Waals surface area contributed by atoms with E-state index in [1.807, 2.05) is 0 Å². The molecule has 0 radical (unpaired) electrons. The first-order valence-corrected chi connectivity index (χ1v) is 17.0. The number of ether oxygens (including phenoxy) is 1. The number of hydrogen-bond donors (Lipinski definition) is 3. The highest BCUT2D eigenvalue weighted by Crippen LogP contribution is 2.44. The van der Waals surface area contributed by atoms with Crippen LogP contribution in [0.2, 0.25) is 0 Å². The maximum absolute atomic E-state index is 13.7. The summed E-state index contributed by atoms with van der Waals surface area (Å²) in [5, 5.41) is 15.1. The molecule has 2 amide bonds. The van der Waals surface area contributed by atoms with Crippen molar-refractivity contribution in [3.8, 4) is 11.1 Å². The number of benzene rings is 2. The number of carboxylic acid groups (broad SMARTS) is 1. The number of alkyl halides is 6. The van der Waals surface area contributed by atoms with Gasteiger partial charge in [0, 0.05) is 55.3 Å². The number of morpholine rings is 1. The van der Waals surface area contributed by atoms with E-state index in [2.05, 4.69) is 15.5 Å². The van der Waals surface area contributed by atoms with Crippen molar-refractivity contribution < 1.29 is 50.6 Å². The average Bonchev–Trinajstić information content (AvgIpc) is 3.58. The highest BCUT2D eigenvalue weighted by atomic mass is 32.2. The van der Waals surface area contributed by atoms with Gasteiger partial charge in [0.05, 0.1) is 39.8 Å². The first-order valence-electron chi connectivity index (χ1n) is 14.9. The third kappa shape index (κ3) is 9.42. The van der Waals surface area contributed by atoms with Crippen LogP contribution in [0.1, 0.15) is 32.8 Å². The summed E-state index contributed by atoms with van der Waals surface area (Å²) in [6.07, 6.45) is -8.75. The van der Waals surface area contributed by atoms with Crippen LogP contribution in [0.4, 0.5) is 37.0 Å². The number of halogens is 6. The third-order valence-electron chi connectivity index (χ3n) is 7.59. The number of thiocarbonyl (C=S) groups is 1. The molecule has 3 aromatic rings. The van der Waals surface area contributed by atoms with Gasteiger partial charge >= 0.3 is 18.3 Å². The van der Waals surface area contributed by atoms with Crippen LogP contribution >= 0.6 is 35.3 Å². The van der Waals surface area contributed by atoms with Crippen LogP contribution < -0.4 is 10.6 Å². The monoisotopic (exact) mass is 758 g/mol. The first-order chi connectivity index (χ1) is 23.6. The Morgan fingerprint density at radius 2 is 1.60 bits per heavy atom. The van der Waals surface area contributed by atoms with E-state index in [4.69, 9.17) is 22.1 Å². The lowest BCUT2D eigenvalue weighted by molar-refractivity contribution is -0.143. The second-order valence-electron chi connectivity index (χ2n) is 11.1. The van der Waals surface area contributed by atoms with Crippen molar-refractivity contribution in [3.63, 3.8) is 0 Å². The number of nitrogens with one attached hydrogen (secondary N) is 2. The second kappa shape index (κ2) is 15.5. The van der Waals surface area contributed by atoms with Crippen LogP contribution in [0.3, 0.4) is 0 Å². The minimum atomic E-state index is -5.03. The summed E-state index contributed by atoms with van der Waals surface area (Å²) >= 11 is 7.37. The van der Waals surface area contributed by atoms with E-state index in [1.54, 1.807) is 0 Å². The predicted molar refractivity (Wildman–Crippen MR) is 182 cm³/mol. The summed E-state index contributed by atoms with van der Waals surface area (Å²) in [4.78, 5) is 40.7.